The number of phosphoric ester groups is 1. The van der Waals surface area contributed by atoms with E-state index in [1.165, 1.54) is 20.4 Å². The number of aromatic nitrogens is 4. The maximum atomic E-state index is 12.1. The van der Waals surface area contributed by atoms with Crippen LogP contribution in [0.2, 0.25) is 0 Å². The van der Waals surface area contributed by atoms with Crippen molar-refractivity contribution < 1.29 is 90.9 Å². The minimum absolute atomic E-state index is 0.0239. The lowest BCUT2D eigenvalue weighted by Gasteiger charge is -2.33. The molecule has 296 valence electrons. The third-order valence-corrected chi connectivity index (χ3v) is 10.6. The van der Waals surface area contributed by atoms with Gasteiger partial charge in [-0.05, 0) is 0 Å². The van der Waals surface area contributed by atoms with Crippen LogP contribution in [0.1, 0.15) is 23.3 Å². The van der Waals surface area contributed by atoms with E-state index in [9.17, 15) is 68.0 Å². The van der Waals surface area contributed by atoms with E-state index in [-0.39, 0.29) is 24.6 Å². The summed E-state index contributed by atoms with van der Waals surface area (Å²) in [4.78, 5) is 92.5. The number of aromatic amines is 2. The van der Waals surface area contributed by atoms with Crippen LogP contribution in [0.5, 0.6) is 0 Å². The van der Waals surface area contributed by atoms with Gasteiger partial charge in [0, 0.05) is 26.6 Å². The van der Waals surface area contributed by atoms with Crippen LogP contribution in [-0.2, 0) is 59.2 Å². The van der Waals surface area contributed by atoms with E-state index in [1.807, 2.05) is 4.98 Å². The van der Waals surface area contributed by atoms with Gasteiger partial charge in [-0.15, -0.1) is 0 Å². The quantitative estimate of drug-likeness (QED) is 0.0821. The van der Waals surface area contributed by atoms with Gasteiger partial charge >= 0.3 is 11.4 Å². The van der Waals surface area contributed by atoms with Gasteiger partial charge in [0.1, 0.15) is 62.3 Å². The number of hydrogen-bond acceptors (Lipinski definition) is 22. The van der Waals surface area contributed by atoms with Crippen molar-refractivity contribution in [2.75, 3.05) is 27.4 Å². The van der Waals surface area contributed by atoms with Gasteiger partial charge < -0.3 is 68.6 Å². The Labute approximate surface area is 288 Å². The summed E-state index contributed by atoms with van der Waals surface area (Å²) < 4.78 is 65.8. The fraction of sp³-hybridized carbons (Fsp3) is 0.636. The molecule has 2 aliphatic rings. The molecule has 0 bridgehead atoms. The molecule has 3 unspecified atom stereocenters. The molecule has 4 rings (SSSR count). The predicted molar refractivity (Wildman–Crippen MR) is 156 cm³/mol. The van der Waals surface area contributed by atoms with Gasteiger partial charge in [0.05, 0.1) is 24.3 Å². The average Bonchev–Trinajstić information content (AvgIpc) is 3.46. The molecule has 2 aromatic rings. The lowest BCUT2D eigenvalue weighted by Crippen LogP contribution is -2.36. The fourth-order valence-electron chi connectivity index (χ4n) is 4.68. The van der Waals surface area contributed by atoms with Crippen molar-refractivity contribution in [3.63, 3.8) is 0 Å². The van der Waals surface area contributed by atoms with Gasteiger partial charge in [-0.2, -0.15) is 0 Å². The van der Waals surface area contributed by atoms with Crippen LogP contribution in [0, 0.1) is 0 Å². The molecule has 52 heavy (non-hydrogen) atoms. The number of nitrogens with one attached hydrogen (secondary N) is 2. The van der Waals surface area contributed by atoms with Crippen molar-refractivity contribution in [3.8, 4) is 0 Å². The largest absolute Gasteiger partial charge is 0.756 e. The van der Waals surface area contributed by atoms with Crippen molar-refractivity contribution in [1.82, 2.24) is 19.1 Å². The molecule has 4 heterocycles. The molecule has 0 saturated carbocycles. The Hall–Kier alpha value is -2.59. The average molecular weight is 813 g/mol. The van der Waals surface area contributed by atoms with E-state index in [0.29, 0.717) is 0 Å². The summed E-state index contributed by atoms with van der Waals surface area (Å²) in [6.45, 7) is -2.04. The number of aliphatic hydroxyl groups excluding tert-OH is 5. The highest BCUT2D eigenvalue weighted by molar-refractivity contribution is 7.65. The summed E-state index contributed by atoms with van der Waals surface area (Å²) >= 11 is 0. The third-order valence-electron chi connectivity index (χ3n) is 6.93. The van der Waals surface area contributed by atoms with Gasteiger partial charge in [0.25, 0.3) is 34.6 Å². The van der Waals surface area contributed by atoms with Crippen LogP contribution in [0.25, 0.3) is 0 Å². The number of hydrogen-bond donors (Lipinski definition) is 8. The molecule has 27 nitrogen and oxygen atoms in total. The first-order chi connectivity index (χ1) is 24.0. The monoisotopic (exact) mass is 813 g/mol. The van der Waals surface area contributed by atoms with Crippen molar-refractivity contribution in [2.45, 2.75) is 62.3 Å². The highest BCUT2D eigenvalue weighted by atomic mass is 31.3. The summed E-state index contributed by atoms with van der Waals surface area (Å²) in [5.74, 6) is 0. The zero-order chi connectivity index (χ0) is 39.3. The number of nitrogens with zero attached hydrogens (tertiary/aromatic N) is 2. The molecule has 2 aromatic heterocycles. The van der Waals surface area contributed by atoms with E-state index < -0.39 is 108 Å². The van der Waals surface area contributed by atoms with Gasteiger partial charge in [0.2, 0.25) is 0 Å². The second kappa shape index (κ2) is 17.7. The van der Waals surface area contributed by atoms with Crippen molar-refractivity contribution in [1.29, 1.82) is 0 Å². The zero-order valence-corrected chi connectivity index (χ0v) is 29.1. The number of rotatable bonds is 14. The minimum Gasteiger partial charge on any atom is -0.756 e. The molecule has 8 N–H and O–H groups in total. The molecular formula is C22H32N4O23P3-3. The van der Waals surface area contributed by atoms with E-state index >= 15 is 0 Å². The number of phosphoric acid groups is 3. The number of methoxy groups -OCH3 is 2. The van der Waals surface area contributed by atoms with Gasteiger partial charge in [0.15, 0.2) is 0 Å². The Morgan fingerprint density at radius 3 is 1.54 bits per heavy atom. The molecular weight excluding hydrogens is 781 g/mol. The van der Waals surface area contributed by atoms with E-state index in [4.69, 9.17) is 28.9 Å². The Kier molecular flexibility index (Phi) is 14.9. The first-order valence-corrected chi connectivity index (χ1v) is 18.5. The molecule has 11 atom stereocenters. The predicted octanol–water partition coefficient (Wildman–Crippen LogP) is -6.96. The van der Waals surface area contributed by atoms with Gasteiger partial charge in [-0.1, -0.05) is 0 Å². The second-order valence-electron chi connectivity index (χ2n) is 10.6. The van der Waals surface area contributed by atoms with Crippen LogP contribution in [0.3, 0.4) is 0 Å². The Morgan fingerprint density at radius 2 is 1.15 bits per heavy atom. The molecule has 2 aliphatic heterocycles. The highest BCUT2D eigenvalue weighted by Gasteiger charge is 2.46. The van der Waals surface area contributed by atoms with Crippen LogP contribution >= 0.6 is 23.5 Å². The molecule has 2 saturated heterocycles. The normalized spacial score (nSPS) is 29.4. The van der Waals surface area contributed by atoms with Crippen LogP contribution in [-0.4, -0.2) is 114 Å². The minimum atomic E-state index is -6.13. The lowest BCUT2D eigenvalue weighted by molar-refractivity contribution is -0.250. The van der Waals surface area contributed by atoms with E-state index in [0.717, 1.165) is 15.3 Å². The second-order valence-corrected chi connectivity index (χ2v) is 14.9. The smallest absolute Gasteiger partial charge is 0.330 e. The van der Waals surface area contributed by atoms with Crippen molar-refractivity contribution in [3.05, 3.63) is 65.2 Å². The standard InChI is InChI=1S/C11H19N2O16P3.C11H16N2O7/c1-25-4-13-2-5(10(16)12-11(13)17)9-8(15)7(14)6(27-9)3-26-31(21,22)29-32(23,24)28-30(18,19)20;1-19-4-13-2-5(10(17)12-11(13)18)9-8(16)7(15)6(3-14)20-9/h2,6-9,14-15H,3-4H2,1H3,(H,21,22)(H,23,24)(H,12,16,17)(H2,18,19,20);2,6-9,14-16H,3-4H2,1H3,(H,12,17,18)/p-3/t2*6-,7-,8-,9+/m11/s1. The molecule has 2 fully saturated rings. The number of aliphatic hydroxyl groups is 5. The van der Waals surface area contributed by atoms with Crippen LogP contribution in [0.4, 0.5) is 0 Å². The zero-order valence-electron chi connectivity index (χ0n) is 26.5. The molecule has 0 aliphatic carbocycles. The van der Waals surface area contributed by atoms with Crippen molar-refractivity contribution >= 4 is 23.5 Å². The van der Waals surface area contributed by atoms with Gasteiger partial charge in [-0.3, -0.25) is 42.4 Å². The van der Waals surface area contributed by atoms with E-state index in [2.05, 4.69) is 18.1 Å². The number of H-pyrrole nitrogens is 2. The summed E-state index contributed by atoms with van der Waals surface area (Å²) in [6.07, 6.45) is -9.56. The maximum absolute atomic E-state index is 12.1. The number of ether oxygens (including phenoxy) is 4. The third kappa shape index (κ3) is 11.2. The van der Waals surface area contributed by atoms with E-state index in [1.54, 1.807) is 0 Å². The first-order valence-electron chi connectivity index (χ1n) is 14.1. The Morgan fingerprint density at radius 1 is 0.731 bits per heavy atom. The van der Waals surface area contributed by atoms with Crippen LogP contribution in [0.15, 0.2) is 31.6 Å². The fourth-order valence-corrected chi connectivity index (χ4v) is 7.58. The first kappa shape index (κ1) is 43.8. The molecule has 0 radical (unpaired) electrons. The molecule has 0 amide bonds. The maximum Gasteiger partial charge on any atom is 0.330 e. The summed E-state index contributed by atoms with van der Waals surface area (Å²) in [5.41, 5.74) is -3.60. The Bertz CT molecular complexity index is 1920. The summed E-state index contributed by atoms with van der Waals surface area (Å²) in [6, 6.07) is 0. The molecule has 0 aromatic carbocycles. The topological polar surface area (TPSA) is 416 Å². The Balaban J connectivity index is 0.000000311. The molecule has 0 spiro atoms. The van der Waals surface area contributed by atoms with Crippen molar-refractivity contribution in [2.24, 2.45) is 0 Å². The molecule has 30 heteroatoms. The lowest BCUT2D eigenvalue weighted by atomic mass is 10.0. The SMILES string of the molecule is COCn1cc([C@@H]2O[C@H](CO)[C@@H](O)[C@H]2O)c(=O)[nH]c1=O.COCn1cc([C@@H]2O[C@H](COP(=O)([O-])OP(=O)([O-])OP(=O)([O-])O)[C@@H](O)[C@H]2O)c(=O)[nH]c1=O. The highest BCUT2D eigenvalue weighted by Crippen LogP contribution is 2.61. The van der Waals surface area contributed by atoms with Gasteiger partial charge in [-0.25, -0.2) is 18.2 Å². The summed E-state index contributed by atoms with van der Waals surface area (Å²) in [5, 5.41) is 48.7. The van der Waals surface area contributed by atoms with Crippen LogP contribution < -0.4 is 37.2 Å². The summed E-state index contributed by atoms with van der Waals surface area (Å²) in [7, 11) is -15.3.